The number of halogens is 3. The van der Waals surface area contributed by atoms with Crippen LogP contribution < -0.4 is 10.1 Å². The number of hydrogen-bond acceptors (Lipinski definition) is 3. The Bertz CT molecular complexity index is 912. The first-order valence-electron chi connectivity index (χ1n) is 7.20. The largest absolute Gasteiger partial charge is 0.468 e. The third-order valence-corrected chi connectivity index (χ3v) is 3.24. The Morgan fingerprint density at radius 1 is 1.08 bits per heavy atom. The topological polar surface area (TPSA) is 56.2 Å². The summed E-state index contributed by atoms with van der Waals surface area (Å²) in [5, 5.41) is 6.36. The van der Waals surface area contributed by atoms with Crippen LogP contribution in [0.3, 0.4) is 0 Å². The van der Waals surface area contributed by atoms with E-state index in [1.54, 1.807) is 6.07 Å². The molecule has 0 aliphatic carbocycles. The number of hydrogen-bond donors (Lipinski definition) is 1. The van der Waals surface area contributed by atoms with E-state index in [1.165, 1.54) is 35.1 Å². The molecule has 0 spiro atoms. The van der Waals surface area contributed by atoms with Crippen molar-refractivity contribution in [3.05, 3.63) is 77.9 Å². The van der Waals surface area contributed by atoms with Gasteiger partial charge in [-0.3, -0.25) is 4.79 Å². The molecule has 1 heterocycles. The zero-order valence-corrected chi connectivity index (χ0v) is 12.7. The van der Waals surface area contributed by atoms with Crippen LogP contribution in [0.1, 0.15) is 10.5 Å². The molecule has 25 heavy (non-hydrogen) atoms. The predicted octanol–water partition coefficient (Wildman–Crippen LogP) is 3.59. The minimum Gasteiger partial charge on any atom is -0.468 e. The highest BCUT2D eigenvalue weighted by atomic mass is 19.1. The quantitative estimate of drug-likeness (QED) is 0.767. The van der Waals surface area contributed by atoms with Crippen LogP contribution in [0.2, 0.25) is 0 Å². The van der Waals surface area contributed by atoms with Crippen LogP contribution in [0.5, 0.6) is 5.75 Å². The van der Waals surface area contributed by atoms with Gasteiger partial charge < -0.3 is 10.1 Å². The van der Waals surface area contributed by atoms with Gasteiger partial charge in [-0.25, -0.2) is 17.9 Å². The van der Waals surface area contributed by atoms with E-state index in [4.69, 9.17) is 4.74 Å². The first-order valence-corrected chi connectivity index (χ1v) is 7.20. The molecule has 0 saturated carbocycles. The molecule has 128 valence electrons. The molecule has 1 aromatic heterocycles. The van der Waals surface area contributed by atoms with Crippen molar-refractivity contribution in [3.63, 3.8) is 0 Å². The van der Waals surface area contributed by atoms with Crippen LogP contribution in [-0.2, 0) is 6.73 Å². The third kappa shape index (κ3) is 3.97. The Morgan fingerprint density at radius 3 is 2.64 bits per heavy atom. The summed E-state index contributed by atoms with van der Waals surface area (Å²) in [6.07, 6.45) is 1.44. The molecule has 3 aromatic rings. The second kappa shape index (κ2) is 7.08. The number of para-hydroxylation sites is 1. The molecule has 5 nitrogen and oxygen atoms in total. The number of nitrogens with zero attached hydrogens (tertiary/aromatic N) is 2. The van der Waals surface area contributed by atoms with Gasteiger partial charge in [-0.15, -0.1) is 0 Å². The van der Waals surface area contributed by atoms with E-state index in [0.717, 1.165) is 12.1 Å². The molecule has 0 bridgehead atoms. The van der Waals surface area contributed by atoms with Gasteiger partial charge in [0.25, 0.3) is 5.91 Å². The Kier molecular flexibility index (Phi) is 4.69. The van der Waals surface area contributed by atoms with Gasteiger partial charge in [-0.1, -0.05) is 12.1 Å². The first kappa shape index (κ1) is 16.6. The van der Waals surface area contributed by atoms with Crippen LogP contribution in [0.25, 0.3) is 0 Å². The summed E-state index contributed by atoms with van der Waals surface area (Å²) >= 11 is 0. The Labute approximate surface area is 140 Å². The molecular weight excluding hydrogens is 335 g/mol. The van der Waals surface area contributed by atoms with Gasteiger partial charge in [0.2, 0.25) is 0 Å². The zero-order chi connectivity index (χ0) is 17.8. The van der Waals surface area contributed by atoms with E-state index in [2.05, 4.69) is 10.4 Å². The summed E-state index contributed by atoms with van der Waals surface area (Å²) in [5.74, 6) is -2.86. The number of anilines is 1. The third-order valence-electron chi connectivity index (χ3n) is 3.24. The van der Waals surface area contributed by atoms with E-state index < -0.39 is 23.4 Å². The van der Waals surface area contributed by atoms with Crippen molar-refractivity contribution in [3.8, 4) is 5.75 Å². The normalized spacial score (nSPS) is 10.5. The van der Waals surface area contributed by atoms with Crippen molar-refractivity contribution in [2.24, 2.45) is 0 Å². The van der Waals surface area contributed by atoms with Crippen molar-refractivity contribution >= 4 is 11.6 Å². The highest BCUT2D eigenvalue weighted by Gasteiger charge is 2.12. The van der Waals surface area contributed by atoms with Crippen molar-refractivity contribution in [1.29, 1.82) is 0 Å². The van der Waals surface area contributed by atoms with Crippen LogP contribution in [0.15, 0.2) is 54.7 Å². The number of aromatic nitrogens is 2. The number of carbonyl (C=O) groups is 1. The van der Waals surface area contributed by atoms with Gasteiger partial charge in [-0.2, -0.15) is 5.10 Å². The van der Waals surface area contributed by atoms with Crippen LogP contribution in [0, 0.1) is 17.5 Å². The van der Waals surface area contributed by atoms with E-state index >= 15 is 0 Å². The monoisotopic (exact) mass is 347 g/mol. The lowest BCUT2D eigenvalue weighted by atomic mass is 10.3. The predicted molar refractivity (Wildman–Crippen MR) is 83.6 cm³/mol. The van der Waals surface area contributed by atoms with Crippen molar-refractivity contribution in [1.82, 2.24) is 9.78 Å². The van der Waals surface area contributed by atoms with Gasteiger partial charge in [0.05, 0.1) is 5.69 Å². The van der Waals surface area contributed by atoms with E-state index in [9.17, 15) is 18.0 Å². The average molecular weight is 347 g/mol. The molecule has 0 radical (unpaired) electrons. The second-order valence-electron chi connectivity index (χ2n) is 5.02. The van der Waals surface area contributed by atoms with Crippen LogP contribution in [-0.4, -0.2) is 15.7 Å². The van der Waals surface area contributed by atoms with Gasteiger partial charge in [0.15, 0.2) is 24.0 Å². The molecule has 0 aliphatic rings. The van der Waals surface area contributed by atoms with Crippen LogP contribution in [0.4, 0.5) is 18.9 Å². The molecule has 2 aromatic carbocycles. The summed E-state index contributed by atoms with van der Waals surface area (Å²) < 4.78 is 46.2. The summed E-state index contributed by atoms with van der Waals surface area (Å²) in [4.78, 5) is 12.0. The second-order valence-corrected chi connectivity index (χ2v) is 5.02. The highest BCUT2D eigenvalue weighted by Crippen LogP contribution is 2.18. The molecule has 0 aliphatic heterocycles. The van der Waals surface area contributed by atoms with Gasteiger partial charge in [0.1, 0.15) is 11.6 Å². The summed E-state index contributed by atoms with van der Waals surface area (Å²) in [6, 6.07) is 10.1. The SMILES string of the molecule is O=C(Nc1ccccc1F)c1ccn(COc2ccc(F)cc2F)n1. The highest BCUT2D eigenvalue weighted by molar-refractivity contribution is 6.02. The van der Waals surface area contributed by atoms with Crippen molar-refractivity contribution in [2.75, 3.05) is 5.32 Å². The number of ether oxygens (including phenoxy) is 1. The maximum atomic E-state index is 13.5. The minimum atomic E-state index is -0.843. The fourth-order valence-corrected chi connectivity index (χ4v) is 2.03. The number of carbonyl (C=O) groups excluding carboxylic acids is 1. The Balaban J connectivity index is 1.64. The molecule has 8 heteroatoms. The molecular formula is C17H12F3N3O2. The summed E-state index contributed by atoms with van der Waals surface area (Å²) in [7, 11) is 0. The van der Waals surface area contributed by atoms with E-state index in [0.29, 0.717) is 6.07 Å². The Morgan fingerprint density at radius 2 is 1.88 bits per heavy atom. The standard InChI is InChI=1S/C17H12F3N3O2/c18-11-5-6-16(13(20)9-11)25-10-23-8-7-15(22-23)17(24)21-14-4-2-1-3-12(14)19/h1-9H,10H2,(H,21,24). The molecule has 0 unspecified atom stereocenters. The lowest BCUT2D eigenvalue weighted by Gasteiger charge is -2.07. The lowest BCUT2D eigenvalue weighted by Crippen LogP contribution is -2.15. The lowest BCUT2D eigenvalue weighted by molar-refractivity contribution is 0.101. The molecule has 0 saturated heterocycles. The smallest absolute Gasteiger partial charge is 0.276 e. The number of benzene rings is 2. The summed E-state index contributed by atoms with van der Waals surface area (Å²) in [5.41, 5.74) is 0.0677. The first-order chi connectivity index (χ1) is 12.0. The molecule has 1 N–H and O–H groups in total. The fraction of sp³-hybridized carbons (Fsp3) is 0.0588. The molecule has 0 atom stereocenters. The maximum Gasteiger partial charge on any atom is 0.276 e. The maximum absolute atomic E-state index is 13.5. The van der Waals surface area contributed by atoms with Gasteiger partial charge in [-0.05, 0) is 30.3 Å². The van der Waals surface area contributed by atoms with Gasteiger partial charge in [0, 0.05) is 12.3 Å². The van der Waals surface area contributed by atoms with Crippen LogP contribution >= 0.6 is 0 Å². The van der Waals surface area contributed by atoms with E-state index in [1.807, 2.05) is 0 Å². The number of nitrogens with one attached hydrogen (secondary N) is 1. The average Bonchev–Trinajstić information content (AvgIpc) is 3.05. The van der Waals surface area contributed by atoms with Crippen molar-refractivity contribution < 1.29 is 22.7 Å². The molecule has 0 fully saturated rings. The molecule has 1 amide bonds. The fourth-order valence-electron chi connectivity index (χ4n) is 2.03. The molecule has 3 rings (SSSR count). The summed E-state index contributed by atoms with van der Waals surface area (Å²) in [6.45, 7) is -0.185. The van der Waals surface area contributed by atoms with E-state index in [-0.39, 0.29) is 23.9 Å². The zero-order valence-electron chi connectivity index (χ0n) is 12.7. The van der Waals surface area contributed by atoms with Gasteiger partial charge >= 0.3 is 0 Å². The minimum absolute atomic E-state index is 0.0337. The number of amides is 1. The Hall–Kier alpha value is -3.29. The van der Waals surface area contributed by atoms with Crippen molar-refractivity contribution in [2.45, 2.75) is 6.73 Å². The number of rotatable bonds is 5.